The first-order valence-corrected chi connectivity index (χ1v) is 10.8. The molecule has 1 heterocycles. The normalized spacial score (nSPS) is 13.9. The smallest absolute Gasteiger partial charge is 0.224 e. The third-order valence-electron chi connectivity index (χ3n) is 5.60. The molecule has 9 heteroatoms. The minimum absolute atomic E-state index is 0. The SMILES string of the molecule is CN=C(NCCC(=O)N1CCN(c2ccc(F)cc2)CC1)N(C)Cc1ccc(OC)cc1.I. The maximum atomic E-state index is 13.1. The molecule has 1 N–H and O–H groups in total. The van der Waals surface area contributed by atoms with E-state index in [9.17, 15) is 9.18 Å². The monoisotopic (exact) mass is 569 g/mol. The standard InChI is InChI=1S/C24H32FN5O2.HI/c1-26-24(28(2)18-19-4-10-22(32-3)11-5-19)27-13-12-23(31)30-16-14-29(15-17-30)21-8-6-20(25)7-9-21;/h4-11H,12-18H2,1-3H3,(H,26,27);1H. The average molecular weight is 569 g/mol. The van der Waals surface area contributed by atoms with Gasteiger partial charge in [0, 0.05) is 65.5 Å². The van der Waals surface area contributed by atoms with Gasteiger partial charge in [0.15, 0.2) is 5.96 Å². The van der Waals surface area contributed by atoms with Gasteiger partial charge in [0.05, 0.1) is 7.11 Å². The number of carbonyl (C=O) groups is 1. The maximum Gasteiger partial charge on any atom is 0.224 e. The van der Waals surface area contributed by atoms with Crippen molar-refractivity contribution in [2.45, 2.75) is 13.0 Å². The number of nitrogens with zero attached hydrogens (tertiary/aromatic N) is 4. The van der Waals surface area contributed by atoms with E-state index >= 15 is 0 Å². The Morgan fingerprint density at radius 2 is 1.73 bits per heavy atom. The van der Waals surface area contributed by atoms with Gasteiger partial charge >= 0.3 is 0 Å². The Bertz CT molecular complexity index is 900. The molecule has 2 aromatic carbocycles. The third-order valence-corrected chi connectivity index (χ3v) is 5.60. The topological polar surface area (TPSA) is 60.4 Å². The van der Waals surface area contributed by atoms with E-state index in [1.807, 2.05) is 41.1 Å². The Morgan fingerprint density at radius 3 is 2.30 bits per heavy atom. The van der Waals surface area contributed by atoms with Crippen LogP contribution in [-0.2, 0) is 11.3 Å². The van der Waals surface area contributed by atoms with Gasteiger partial charge < -0.3 is 24.8 Å². The van der Waals surface area contributed by atoms with Crippen molar-refractivity contribution in [3.8, 4) is 5.75 Å². The molecular weight excluding hydrogens is 536 g/mol. The van der Waals surface area contributed by atoms with Gasteiger partial charge in [-0.15, -0.1) is 24.0 Å². The number of methoxy groups -OCH3 is 1. The molecule has 7 nitrogen and oxygen atoms in total. The molecule has 0 atom stereocenters. The van der Waals surface area contributed by atoms with Crippen LogP contribution in [0, 0.1) is 5.82 Å². The fourth-order valence-corrected chi connectivity index (χ4v) is 3.77. The van der Waals surface area contributed by atoms with Crippen molar-refractivity contribution >= 4 is 41.5 Å². The van der Waals surface area contributed by atoms with Gasteiger partial charge in [-0.25, -0.2) is 4.39 Å². The molecule has 0 aliphatic carbocycles. The molecule has 1 fully saturated rings. The molecule has 0 radical (unpaired) electrons. The molecule has 180 valence electrons. The Balaban J connectivity index is 0.00000385. The van der Waals surface area contributed by atoms with E-state index in [-0.39, 0.29) is 35.7 Å². The number of amides is 1. The highest BCUT2D eigenvalue weighted by atomic mass is 127. The minimum Gasteiger partial charge on any atom is -0.497 e. The van der Waals surface area contributed by atoms with Gasteiger partial charge in [0.1, 0.15) is 11.6 Å². The number of piperazine rings is 1. The van der Waals surface area contributed by atoms with Crippen LogP contribution in [-0.4, -0.2) is 75.6 Å². The van der Waals surface area contributed by atoms with Gasteiger partial charge in [-0.1, -0.05) is 12.1 Å². The fraction of sp³-hybridized carbons (Fsp3) is 0.417. The summed E-state index contributed by atoms with van der Waals surface area (Å²) in [6.45, 7) is 4.05. The van der Waals surface area contributed by atoms with E-state index in [1.54, 1.807) is 26.3 Å². The molecule has 0 bridgehead atoms. The van der Waals surface area contributed by atoms with Crippen molar-refractivity contribution in [1.29, 1.82) is 0 Å². The summed E-state index contributed by atoms with van der Waals surface area (Å²) < 4.78 is 18.3. The molecule has 2 aromatic rings. The largest absolute Gasteiger partial charge is 0.497 e. The van der Waals surface area contributed by atoms with Crippen LogP contribution in [0.2, 0.25) is 0 Å². The fourth-order valence-electron chi connectivity index (χ4n) is 3.77. The van der Waals surface area contributed by atoms with Crippen LogP contribution >= 0.6 is 24.0 Å². The highest BCUT2D eigenvalue weighted by Gasteiger charge is 2.21. The second-order valence-corrected chi connectivity index (χ2v) is 7.77. The number of halogens is 2. The number of anilines is 1. The molecule has 0 saturated carbocycles. The maximum absolute atomic E-state index is 13.1. The third kappa shape index (κ3) is 7.76. The number of rotatable bonds is 7. The summed E-state index contributed by atoms with van der Waals surface area (Å²) >= 11 is 0. The van der Waals surface area contributed by atoms with Crippen molar-refractivity contribution < 1.29 is 13.9 Å². The first kappa shape index (κ1) is 26.7. The molecular formula is C24H33FIN5O2. The van der Waals surface area contributed by atoms with Crippen LogP contribution < -0.4 is 15.0 Å². The number of aliphatic imine (C=N–C) groups is 1. The Kier molecular flexibility index (Phi) is 10.7. The van der Waals surface area contributed by atoms with Crippen molar-refractivity contribution in [2.24, 2.45) is 4.99 Å². The van der Waals surface area contributed by atoms with Crippen molar-refractivity contribution in [3.05, 3.63) is 59.9 Å². The molecule has 1 amide bonds. The number of guanidine groups is 1. The summed E-state index contributed by atoms with van der Waals surface area (Å²) in [6, 6.07) is 14.4. The lowest BCUT2D eigenvalue weighted by molar-refractivity contribution is -0.131. The van der Waals surface area contributed by atoms with E-state index in [0.29, 0.717) is 32.6 Å². The van der Waals surface area contributed by atoms with E-state index < -0.39 is 0 Å². The van der Waals surface area contributed by atoms with E-state index in [0.717, 1.165) is 36.0 Å². The number of benzene rings is 2. The second-order valence-electron chi connectivity index (χ2n) is 7.77. The van der Waals surface area contributed by atoms with Gasteiger partial charge in [0.2, 0.25) is 5.91 Å². The van der Waals surface area contributed by atoms with E-state index in [1.165, 1.54) is 12.1 Å². The van der Waals surface area contributed by atoms with Gasteiger partial charge in [-0.2, -0.15) is 0 Å². The van der Waals surface area contributed by atoms with Crippen LogP contribution in [0.3, 0.4) is 0 Å². The Morgan fingerprint density at radius 1 is 1.09 bits per heavy atom. The zero-order chi connectivity index (χ0) is 22.9. The second kappa shape index (κ2) is 13.2. The number of ether oxygens (including phenoxy) is 1. The highest BCUT2D eigenvalue weighted by molar-refractivity contribution is 14.0. The molecule has 1 saturated heterocycles. The van der Waals surface area contributed by atoms with Crippen LogP contribution in [0.4, 0.5) is 10.1 Å². The molecule has 33 heavy (non-hydrogen) atoms. The summed E-state index contributed by atoms with van der Waals surface area (Å²) in [5, 5.41) is 3.28. The molecule has 0 unspecified atom stereocenters. The van der Waals surface area contributed by atoms with E-state index in [2.05, 4.69) is 15.2 Å². The number of carbonyl (C=O) groups excluding carboxylic acids is 1. The van der Waals surface area contributed by atoms with Crippen molar-refractivity contribution in [2.75, 3.05) is 58.8 Å². The van der Waals surface area contributed by atoms with Gasteiger partial charge in [0.25, 0.3) is 0 Å². The molecule has 0 spiro atoms. The van der Waals surface area contributed by atoms with Crippen LogP contribution in [0.15, 0.2) is 53.5 Å². The first-order valence-electron chi connectivity index (χ1n) is 10.8. The Hall–Kier alpha value is -2.56. The molecule has 1 aliphatic heterocycles. The van der Waals surface area contributed by atoms with Crippen molar-refractivity contribution in [1.82, 2.24) is 15.1 Å². The molecule has 0 aromatic heterocycles. The molecule has 1 aliphatic rings. The zero-order valence-corrected chi connectivity index (χ0v) is 21.8. The summed E-state index contributed by atoms with van der Waals surface area (Å²) in [5.41, 5.74) is 2.13. The van der Waals surface area contributed by atoms with Crippen LogP contribution in [0.5, 0.6) is 5.75 Å². The van der Waals surface area contributed by atoms with E-state index in [4.69, 9.17) is 4.74 Å². The highest BCUT2D eigenvalue weighted by Crippen LogP contribution is 2.17. The van der Waals surface area contributed by atoms with Gasteiger partial charge in [-0.3, -0.25) is 9.79 Å². The van der Waals surface area contributed by atoms with Gasteiger partial charge in [-0.05, 0) is 42.0 Å². The first-order chi connectivity index (χ1) is 15.5. The summed E-state index contributed by atoms with van der Waals surface area (Å²) in [4.78, 5) is 23.0. The Labute approximate surface area is 212 Å². The lowest BCUT2D eigenvalue weighted by Crippen LogP contribution is -2.49. The summed E-state index contributed by atoms with van der Waals surface area (Å²) in [7, 11) is 5.36. The number of hydrogen-bond donors (Lipinski definition) is 1. The summed E-state index contributed by atoms with van der Waals surface area (Å²) in [6.07, 6.45) is 0.409. The lowest BCUT2D eigenvalue weighted by atomic mass is 10.2. The summed E-state index contributed by atoms with van der Waals surface area (Å²) in [5.74, 6) is 1.47. The minimum atomic E-state index is -0.236. The van der Waals surface area contributed by atoms with Crippen LogP contribution in [0.1, 0.15) is 12.0 Å². The average Bonchev–Trinajstić information content (AvgIpc) is 2.82. The predicted molar refractivity (Wildman–Crippen MR) is 141 cm³/mol. The van der Waals surface area contributed by atoms with Crippen LogP contribution in [0.25, 0.3) is 0 Å². The predicted octanol–water partition coefficient (Wildman–Crippen LogP) is 3.20. The van der Waals surface area contributed by atoms with Crippen molar-refractivity contribution in [3.63, 3.8) is 0 Å². The number of hydrogen-bond acceptors (Lipinski definition) is 4. The number of nitrogens with one attached hydrogen (secondary N) is 1. The lowest BCUT2D eigenvalue weighted by Gasteiger charge is -2.36. The zero-order valence-electron chi connectivity index (χ0n) is 19.5. The quantitative estimate of drug-likeness (QED) is 0.316. The molecule has 3 rings (SSSR count).